The molecule has 0 saturated carbocycles. The lowest BCUT2D eigenvalue weighted by atomic mass is 10.1. The predicted molar refractivity (Wildman–Crippen MR) is 102 cm³/mol. The number of imidazole rings is 1. The highest BCUT2D eigenvalue weighted by molar-refractivity contribution is 6.04. The van der Waals surface area contributed by atoms with Gasteiger partial charge in [-0.25, -0.2) is 9.78 Å². The fourth-order valence-corrected chi connectivity index (χ4v) is 2.86. The van der Waals surface area contributed by atoms with Gasteiger partial charge in [0, 0.05) is 16.9 Å². The normalized spacial score (nSPS) is 10.7. The van der Waals surface area contributed by atoms with E-state index in [9.17, 15) is 9.59 Å². The van der Waals surface area contributed by atoms with Crippen LogP contribution in [0.1, 0.15) is 20.7 Å². The first-order chi connectivity index (χ1) is 13.1. The molecule has 1 amide bonds. The maximum Gasteiger partial charge on any atom is 0.335 e. The molecule has 0 bridgehead atoms. The first-order valence-corrected chi connectivity index (χ1v) is 8.29. The van der Waals surface area contributed by atoms with Crippen molar-refractivity contribution >= 4 is 28.6 Å². The number of hydrogen-bond acceptors (Lipinski definition) is 3. The molecule has 0 aliphatic carbocycles. The van der Waals surface area contributed by atoms with Gasteiger partial charge < -0.3 is 10.4 Å². The molecule has 3 aromatic carbocycles. The van der Waals surface area contributed by atoms with Crippen molar-refractivity contribution in [2.75, 3.05) is 5.32 Å². The molecule has 0 atom stereocenters. The summed E-state index contributed by atoms with van der Waals surface area (Å²) in [5, 5.41) is 11.7. The molecule has 0 aliphatic rings. The van der Waals surface area contributed by atoms with E-state index in [0.29, 0.717) is 11.3 Å². The molecule has 1 heterocycles. The number of nitrogens with one attached hydrogen (secondary N) is 1. The van der Waals surface area contributed by atoms with Gasteiger partial charge in [0.2, 0.25) is 0 Å². The third-order valence-corrected chi connectivity index (χ3v) is 4.23. The zero-order chi connectivity index (χ0) is 18.8. The molecule has 0 saturated heterocycles. The second kappa shape index (κ2) is 6.76. The number of carboxylic acid groups (broad SMARTS) is 1. The Morgan fingerprint density at radius 3 is 2.44 bits per heavy atom. The topological polar surface area (TPSA) is 84.2 Å². The summed E-state index contributed by atoms with van der Waals surface area (Å²) in [6.07, 6.45) is 1.73. The number of aromatic carboxylic acids is 1. The Hall–Kier alpha value is -3.93. The smallest absolute Gasteiger partial charge is 0.335 e. The van der Waals surface area contributed by atoms with E-state index in [2.05, 4.69) is 10.3 Å². The van der Waals surface area contributed by atoms with E-state index in [4.69, 9.17) is 5.11 Å². The number of carbonyl (C=O) groups excluding carboxylic acids is 1. The number of hydrogen-bond donors (Lipinski definition) is 2. The second-order valence-corrected chi connectivity index (χ2v) is 5.99. The largest absolute Gasteiger partial charge is 0.478 e. The molecular formula is C21H15N3O3. The van der Waals surface area contributed by atoms with E-state index in [0.717, 1.165) is 16.7 Å². The Morgan fingerprint density at radius 1 is 0.889 bits per heavy atom. The number of benzene rings is 3. The lowest BCUT2D eigenvalue weighted by molar-refractivity contribution is 0.0696. The summed E-state index contributed by atoms with van der Waals surface area (Å²) in [5.74, 6) is -1.28. The summed E-state index contributed by atoms with van der Waals surface area (Å²) in [6.45, 7) is 0. The molecule has 0 unspecified atom stereocenters. The van der Waals surface area contributed by atoms with Crippen LogP contribution in [0.3, 0.4) is 0 Å². The maximum atomic E-state index is 12.6. The summed E-state index contributed by atoms with van der Waals surface area (Å²) in [5.41, 5.74) is 3.86. The van der Waals surface area contributed by atoms with E-state index >= 15 is 0 Å². The van der Waals surface area contributed by atoms with Crippen molar-refractivity contribution in [2.24, 2.45) is 0 Å². The van der Waals surface area contributed by atoms with Crippen LogP contribution in [0.15, 0.2) is 79.1 Å². The van der Waals surface area contributed by atoms with Gasteiger partial charge in [-0.3, -0.25) is 9.36 Å². The molecule has 6 heteroatoms. The standard InChI is InChI=1S/C21H15N3O3/c25-20(23-16-10-8-14(9-11-16)21(26)27)15-4-3-5-17(12-15)24-13-22-18-6-1-2-7-19(18)24/h1-13H,(H,23,25)(H,26,27). The van der Waals surface area contributed by atoms with Crippen LogP contribution in [0.5, 0.6) is 0 Å². The number of carboxylic acids is 1. The van der Waals surface area contributed by atoms with E-state index in [1.807, 2.05) is 41.0 Å². The Kier molecular flexibility index (Phi) is 4.14. The Labute approximate surface area is 154 Å². The SMILES string of the molecule is O=C(O)c1ccc(NC(=O)c2cccc(-n3cnc4ccccc43)c2)cc1. The number of aromatic nitrogens is 2. The molecule has 0 spiro atoms. The summed E-state index contributed by atoms with van der Waals surface area (Å²) in [4.78, 5) is 27.8. The third-order valence-electron chi connectivity index (χ3n) is 4.23. The number of nitrogens with zero attached hydrogens (tertiary/aromatic N) is 2. The highest BCUT2D eigenvalue weighted by Gasteiger charge is 2.10. The average molecular weight is 357 g/mol. The van der Waals surface area contributed by atoms with Crippen molar-refractivity contribution in [1.29, 1.82) is 0 Å². The number of fused-ring (bicyclic) bond motifs is 1. The fraction of sp³-hybridized carbons (Fsp3) is 0. The van der Waals surface area contributed by atoms with Crippen LogP contribution in [0.2, 0.25) is 0 Å². The lowest BCUT2D eigenvalue weighted by Crippen LogP contribution is -2.12. The monoisotopic (exact) mass is 357 g/mol. The van der Waals surface area contributed by atoms with Gasteiger partial charge >= 0.3 is 5.97 Å². The van der Waals surface area contributed by atoms with Crippen LogP contribution in [0, 0.1) is 0 Å². The van der Waals surface area contributed by atoms with Crippen molar-refractivity contribution in [2.45, 2.75) is 0 Å². The summed E-state index contributed by atoms with van der Waals surface area (Å²) in [7, 11) is 0. The fourth-order valence-electron chi connectivity index (χ4n) is 2.86. The number of para-hydroxylation sites is 2. The van der Waals surface area contributed by atoms with E-state index in [1.165, 1.54) is 12.1 Å². The minimum atomic E-state index is -1.01. The predicted octanol–water partition coefficient (Wildman–Crippen LogP) is 3.98. The Bertz CT molecular complexity index is 1150. The highest BCUT2D eigenvalue weighted by atomic mass is 16.4. The van der Waals surface area contributed by atoms with Crippen molar-refractivity contribution in [3.63, 3.8) is 0 Å². The van der Waals surface area contributed by atoms with Gasteiger partial charge in [-0.15, -0.1) is 0 Å². The molecule has 0 aliphatic heterocycles. The van der Waals surface area contributed by atoms with Gasteiger partial charge in [0.15, 0.2) is 0 Å². The molecule has 4 rings (SSSR count). The van der Waals surface area contributed by atoms with E-state index in [1.54, 1.807) is 30.6 Å². The molecule has 6 nitrogen and oxygen atoms in total. The van der Waals surface area contributed by atoms with E-state index in [-0.39, 0.29) is 11.5 Å². The number of anilines is 1. The van der Waals surface area contributed by atoms with Gasteiger partial charge in [0.05, 0.1) is 16.6 Å². The highest BCUT2D eigenvalue weighted by Crippen LogP contribution is 2.19. The second-order valence-electron chi connectivity index (χ2n) is 5.99. The summed E-state index contributed by atoms with van der Waals surface area (Å²) in [6, 6.07) is 21.0. The van der Waals surface area contributed by atoms with E-state index < -0.39 is 5.97 Å². The van der Waals surface area contributed by atoms with Crippen molar-refractivity contribution < 1.29 is 14.7 Å². The van der Waals surface area contributed by atoms with Gasteiger partial charge in [-0.2, -0.15) is 0 Å². The van der Waals surface area contributed by atoms with Crippen LogP contribution in [-0.2, 0) is 0 Å². The molecule has 27 heavy (non-hydrogen) atoms. The van der Waals surface area contributed by atoms with Crippen molar-refractivity contribution in [3.05, 3.63) is 90.3 Å². The Balaban J connectivity index is 1.60. The first kappa shape index (κ1) is 16.5. The average Bonchev–Trinajstić information content (AvgIpc) is 3.12. The maximum absolute atomic E-state index is 12.6. The quantitative estimate of drug-likeness (QED) is 0.579. The van der Waals surface area contributed by atoms with Gasteiger partial charge in [0.1, 0.15) is 6.33 Å². The van der Waals surface area contributed by atoms with Crippen molar-refractivity contribution in [1.82, 2.24) is 9.55 Å². The number of amides is 1. The van der Waals surface area contributed by atoms with Gasteiger partial charge in [0.25, 0.3) is 5.91 Å². The molecule has 0 fully saturated rings. The van der Waals surface area contributed by atoms with Crippen molar-refractivity contribution in [3.8, 4) is 5.69 Å². The first-order valence-electron chi connectivity index (χ1n) is 8.29. The molecule has 0 radical (unpaired) electrons. The molecule has 1 aromatic heterocycles. The Morgan fingerprint density at radius 2 is 1.67 bits per heavy atom. The molecule has 2 N–H and O–H groups in total. The van der Waals surface area contributed by atoms with Crippen LogP contribution in [0.4, 0.5) is 5.69 Å². The van der Waals surface area contributed by atoms with Gasteiger partial charge in [-0.1, -0.05) is 18.2 Å². The van der Waals surface area contributed by atoms with Crippen LogP contribution < -0.4 is 5.32 Å². The van der Waals surface area contributed by atoms with Crippen LogP contribution in [0.25, 0.3) is 16.7 Å². The molecule has 4 aromatic rings. The summed E-state index contributed by atoms with van der Waals surface area (Å²) >= 11 is 0. The number of carbonyl (C=O) groups is 2. The third kappa shape index (κ3) is 3.28. The minimum absolute atomic E-state index is 0.169. The van der Waals surface area contributed by atoms with Gasteiger partial charge in [-0.05, 0) is 54.6 Å². The number of rotatable bonds is 4. The zero-order valence-corrected chi connectivity index (χ0v) is 14.2. The lowest BCUT2D eigenvalue weighted by Gasteiger charge is -2.09. The minimum Gasteiger partial charge on any atom is -0.478 e. The van der Waals surface area contributed by atoms with Crippen LogP contribution in [-0.4, -0.2) is 26.5 Å². The summed E-state index contributed by atoms with van der Waals surface area (Å²) < 4.78 is 1.92. The molecular weight excluding hydrogens is 342 g/mol. The molecule has 132 valence electrons. The van der Waals surface area contributed by atoms with Crippen LogP contribution >= 0.6 is 0 Å². The zero-order valence-electron chi connectivity index (χ0n) is 14.2.